The van der Waals surface area contributed by atoms with Gasteiger partial charge in [0.05, 0.1) is 22.1 Å². The van der Waals surface area contributed by atoms with E-state index < -0.39 is 0 Å². The molecular weight excluding hydrogens is 420 g/mol. The molecule has 0 amide bonds. The zero-order valence-corrected chi connectivity index (χ0v) is 17.2. The zero-order chi connectivity index (χ0) is 19.4. The summed E-state index contributed by atoms with van der Waals surface area (Å²) in [5.41, 5.74) is 7.21. The molecule has 0 saturated carbocycles. The normalized spacial score (nSPS) is 11.6. The van der Waals surface area contributed by atoms with Crippen molar-refractivity contribution < 1.29 is 0 Å². The third-order valence-electron chi connectivity index (χ3n) is 5.57. The Balaban J connectivity index is 1.94. The lowest BCUT2D eigenvalue weighted by atomic mass is 10.2. The minimum absolute atomic E-state index is 1.11. The summed E-state index contributed by atoms with van der Waals surface area (Å²) in [5, 5.41) is 2.48. The smallest absolute Gasteiger partial charge is 0.0815 e. The van der Waals surface area contributed by atoms with Gasteiger partial charge in [-0.1, -0.05) is 76.6 Å². The topological polar surface area (TPSA) is 9.86 Å². The van der Waals surface area contributed by atoms with Crippen molar-refractivity contribution in [1.82, 2.24) is 9.13 Å². The highest BCUT2D eigenvalue weighted by Gasteiger charge is 2.22. The molecule has 2 nitrogen and oxygen atoms in total. The van der Waals surface area contributed by atoms with E-state index in [1.165, 1.54) is 44.2 Å². The Morgan fingerprint density at radius 1 is 0.483 bits per heavy atom. The van der Waals surface area contributed by atoms with E-state index in [1.54, 1.807) is 0 Å². The molecule has 138 valence electrons. The molecule has 0 aliphatic carbocycles. The molecule has 0 fully saturated rings. The fourth-order valence-electron chi connectivity index (χ4n) is 4.42. The molecule has 3 heteroatoms. The van der Waals surface area contributed by atoms with Crippen molar-refractivity contribution in [3.63, 3.8) is 0 Å². The van der Waals surface area contributed by atoms with Crippen LogP contribution in [0.3, 0.4) is 0 Å². The number of rotatable bonds is 2. The van der Waals surface area contributed by atoms with Crippen molar-refractivity contribution in [3.8, 4) is 11.4 Å². The molecule has 2 heterocycles. The van der Waals surface area contributed by atoms with Crippen LogP contribution >= 0.6 is 15.9 Å². The predicted molar refractivity (Wildman–Crippen MR) is 125 cm³/mol. The molecule has 2 aromatic heterocycles. The maximum Gasteiger partial charge on any atom is 0.0815 e. The highest BCUT2D eigenvalue weighted by atomic mass is 79.9. The molecule has 0 aliphatic heterocycles. The van der Waals surface area contributed by atoms with Gasteiger partial charge >= 0.3 is 0 Å². The number of hydrogen-bond acceptors (Lipinski definition) is 0. The molecule has 0 unspecified atom stereocenters. The number of nitrogens with zero attached hydrogens (tertiary/aromatic N) is 2. The van der Waals surface area contributed by atoms with Gasteiger partial charge in [-0.05, 0) is 42.5 Å². The van der Waals surface area contributed by atoms with Gasteiger partial charge < -0.3 is 9.13 Å². The first kappa shape index (κ1) is 16.6. The molecular formula is C26H17BrN2. The van der Waals surface area contributed by atoms with Crippen LogP contribution in [0.5, 0.6) is 0 Å². The third kappa shape index (κ3) is 2.34. The summed E-state index contributed by atoms with van der Waals surface area (Å²) in [5.74, 6) is 0. The summed E-state index contributed by atoms with van der Waals surface area (Å²) >= 11 is 3.84. The van der Waals surface area contributed by atoms with Gasteiger partial charge in [-0.2, -0.15) is 0 Å². The average molecular weight is 437 g/mol. The van der Waals surface area contributed by atoms with Gasteiger partial charge in [-0.3, -0.25) is 0 Å². The van der Waals surface area contributed by atoms with Crippen molar-refractivity contribution in [2.24, 2.45) is 0 Å². The van der Waals surface area contributed by atoms with Crippen LogP contribution in [-0.4, -0.2) is 9.13 Å². The van der Waals surface area contributed by atoms with Crippen LogP contribution in [0.4, 0.5) is 0 Å². The Morgan fingerprint density at radius 2 is 1.03 bits per heavy atom. The predicted octanol–water partition coefficient (Wildman–Crippen LogP) is 7.49. The van der Waals surface area contributed by atoms with E-state index in [-0.39, 0.29) is 0 Å². The molecule has 0 spiro atoms. The van der Waals surface area contributed by atoms with Crippen molar-refractivity contribution in [3.05, 3.63) is 108 Å². The highest BCUT2D eigenvalue weighted by Crippen LogP contribution is 2.42. The second-order valence-corrected chi connectivity index (χ2v) is 8.04. The van der Waals surface area contributed by atoms with Gasteiger partial charge in [0.25, 0.3) is 0 Å². The van der Waals surface area contributed by atoms with E-state index in [0.29, 0.717) is 0 Å². The van der Waals surface area contributed by atoms with E-state index in [0.717, 1.165) is 4.47 Å². The Hall–Kier alpha value is -3.30. The van der Waals surface area contributed by atoms with Gasteiger partial charge in [-0.15, -0.1) is 0 Å². The van der Waals surface area contributed by atoms with Gasteiger partial charge in [-0.25, -0.2) is 0 Å². The van der Waals surface area contributed by atoms with Crippen LogP contribution in [0.25, 0.3) is 44.2 Å². The Morgan fingerprint density at radius 3 is 1.72 bits per heavy atom. The zero-order valence-electron chi connectivity index (χ0n) is 15.6. The minimum atomic E-state index is 1.11. The maximum absolute atomic E-state index is 3.84. The third-order valence-corrected chi connectivity index (χ3v) is 6.23. The van der Waals surface area contributed by atoms with Crippen molar-refractivity contribution in [1.29, 1.82) is 0 Å². The van der Waals surface area contributed by atoms with E-state index in [1.807, 2.05) is 0 Å². The van der Waals surface area contributed by atoms with E-state index in [2.05, 4.69) is 128 Å². The Kier molecular flexibility index (Phi) is 3.65. The summed E-state index contributed by atoms with van der Waals surface area (Å²) in [6, 6.07) is 36.3. The molecule has 0 aliphatic rings. The molecule has 0 N–H and O–H groups in total. The number of aromatic nitrogens is 2. The molecule has 4 aromatic carbocycles. The van der Waals surface area contributed by atoms with Crippen LogP contribution in [0.15, 0.2) is 108 Å². The van der Waals surface area contributed by atoms with Gasteiger partial charge in [0.2, 0.25) is 0 Å². The minimum Gasteiger partial charge on any atom is -0.307 e. The lowest BCUT2D eigenvalue weighted by molar-refractivity contribution is 1.17. The van der Waals surface area contributed by atoms with Crippen molar-refractivity contribution in [2.45, 2.75) is 0 Å². The van der Waals surface area contributed by atoms with E-state index in [9.17, 15) is 0 Å². The first-order valence-electron chi connectivity index (χ1n) is 9.67. The van der Waals surface area contributed by atoms with Crippen LogP contribution in [-0.2, 0) is 0 Å². The standard InChI is InChI=1S/C26H17BrN2/c27-21-15-9-17-23-24(21)26-25(29(23)19-12-5-2-6-13-19)20-14-7-8-16-22(20)28(26)18-10-3-1-4-11-18/h1-17H. The Bertz CT molecular complexity index is 1450. The number of hydrogen-bond donors (Lipinski definition) is 0. The lowest BCUT2D eigenvalue weighted by Crippen LogP contribution is -1.93. The molecule has 0 atom stereocenters. The van der Waals surface area contributed by atoms with Crippen LogP contribution in [0, 0.1) is 0 Å². The highest BCUT2D eigenvalue weighted by molar-refractivity contribution is 9.10. The van der Waals surface area contributed by atoms with Gasteiger partial charge in [0, 0.05) is 26.6 Å². The SMILES string of the molecule is Brc1cccc2c1c1c(c3ccccc3n1-c1ccccc1)n2-c1ccccc1. The average Bonchev–Trinajstić information content (AvgIpc) is 3.28. The van der Waals surface area contributed by atoms with Crippen molar-refractivity contribution in [2.75, 3.05) is 0 Å². The first-order valence-corrected chi connectivity index (χ1v) is 10.5. The van der Waals surface area contributed by atoms with E-state index >= 15 is 0 Å². The molecule has 6 rings (SSSR count). The first-order chi connectivity index (χ1) is 14.3. The second kappa shape index (κ2) is 6.36. The summed E-state index contributed by atoms with van der Waals surface area (Å²) in [6.45, 7) is 0. The second-order valence-electron chi connectivity index (χ2n) is 7.19. The molecule has 29 heavy (non-hydrogen) atoms. The Labute approximate surface area is 176 Å². The van der Waals surface area contributed by atoms with Crippen LogP contribution < -0.4 is 0 Å². The molecule has 6 aromatic rings. The summed E-state index contributed by atoms with van der Waals surface area (Å²) in [4.78, 5) is 0. The number of fused-ring (bicyclic) bond motifs is 5. The monoisotopic (exact) mass is 436 g/mol. The van der Waals surface area contributed by atoms with Crippen LogP contribution in [0.1, 0.15) is 0 Å². The molecule has 0 saturated heterocycles. The fourth-order valence-corrected chi connectivity index (χ4v) is 4.97. The van der Waals surface area contributed by atoms with E-state index in [4.69, 9.17) is 0 Å². The summed E-state index contributed by atoms with van der Waals surface area (Å²) in [6.07, 6.45) is 0. The number of benzene rings is 4. The lowest BCUT2D eigenvalue weighted by Gasteiger charge is -2.09. The largest absolute Gasteiger partial charge is 0.307 e. The van der Waals surface area contributed by atoms with Crippen molar-refractivity contribution >= 4 is 48.8 Å². The quantitative estimate of drug-likeness (QED) is 0.266. The molecule has 0 radical (unpaired) electrons. The van der Waals surface area contributed by atoms with Gasteiger partial charge in [0.15, 0.2) is 0 Å². The number of halogens is 1. The maximum atomic E-state index is 3.84. The summed E-state index contributed by atoms with van der Waals surface area (Å²) < 4.78 is 5.88. The van der Waals surface area contributed by atoms with Crippen LogP contribution in [0.2, 0.25) is 0 Å². The van der Waals surface area contributed by atoms with Gasteiger partial charge in [0.1, 0.15) is 0 Å². The fraction of sp³-hybridized carbons (Fsp3) is 0. The summed E-state index contributed by atoms with van der Waals surface area (Å²) in [7, 11) is 0. The number of para-hydroxylation sites is 3. The molecule has 0 bridgehead atoms.